The summed E-state index contributed by atoms with van der Waals surface area (Å²) in [5.74, 6) is -0.281. The Morgan fingerprint density at radius 1 is 1.24 bits per heavy atom. The van der Waals surface area contributed by atoms with Crippen molar-refractivity contribution in [3.05, 3.63) is 45.8 Å². The summed E-state index contributed by atoms with van der Waals surface area (Å²) in [6.07, 6.45) is 0. The maximum Gasteiger partial charge on any atom is 0.381 e. The van der Waals surface area contributed by atoms with E-state index in [1.807, 2.05) is 0 Å². The summed E-state index contributed by atoms with van der Waals surface area (Å²) in [7, 11) is 0. The molecule has 6 nitrogen and oxygen atoms in total. The third kappa shape index (κ3) is 2.16. The lowest BCUT2D eigenvalue weighted by Gasteiger charge is -2.34. The molecule has 0 bridgehead atoms. The molecule has 1 aromatic carbocycles. The van der Waals surface area contributed by atoms with E-state index in [1.54, 1.807) is 39.8 Å². The van der Waals surface area contributed by atoms with Crippen LogP contribution in [0.5, 0.6) is 0 Å². The van der Waals surface area contributed by atoms with Crippen LogP contribution in [0.1, 0.15) is 43.6 Å². The van der Waals surface area contributed by atoms with Crippen LogP contribution in [-0.4, -0.2) is 39.1 Å². The second kappa shape index (κ2) is 4.91. The van der Waals surface area contributed by atoms with Crippen molar-refractivity contribution in [1.82, 2.24) is 0 Å². The number of ketones is 1. The van der Waals surface area contributed by atoms with Crippen LogP contribution in [0.2, 0.25) is 0 Å². The third-order valence-corrected chi connectivity index (χ3v) is 4.65. The van der Waals surface area contributed by atoms with Gasteiger partial charge in [0.15, 0.2) is 11.3 Å². The molecule has 2 N–H and O–H groups in total. The molecule has 0 aromatic heterocycles. The molecule has 0 spiro atoms. The second-order valence-electron chi connectivity index (χ2n) is 6.31. The fraction of sp³-hybridized carbons (Fsp3) is 0.467. The molecule has 0 amide bonds. The zero-order valence-corrected chi connectivity index (χ0v) is 12.6. The standard InChI is InChI=1S/C15H20N2O4/c1-14(2)15(3,4)17(21)13(16(14)20)11-7-5-10(6-8-11)12(19)9-18/h5-8,16,18H,9H2,1-4H3. The third-order valence-electron chi connectivity index (χ3n) is 4.65. The van der Waals surface area contributed by atoms with Gasteiger partial charge in [-0.2, -0.15) is 0 Å². The SMILES string of the molecule is CC1(C)[N+]([O-])=C(c2ccc(C(=O)CO)cc2)[NH+]([O-])C1(C)C. The zero-order chi connectivity index (χ0) is 16.0. The molecular weight excluding hydrogens is 272 g/mol. The molecule has 1 aliphatic rings. The number of rotatable bonds is 3. The fourth-order valence-corrected chi connectivity index (χ4v) is 2.35. The largest absolute Gasteiger partial charge is 0.624 e. The average Bonchev–Trinajstić information content (AvgIpc) is 2.57. The van der Waals surface area contributed by atoms with Gasteiger partial charge in [0.25, 0.3) is 0 Å². The number of Topliss-reactive ketones (excluding diaryl/α,β-unsaturated/α-hetero) is 1. The molecular formula is C15H20N2O4. The summed E-state index contributed by atoms with van der Waals surface area (Å²) in [5.41, 5.74) is -0.783. The van der Waals surface area contributed by atoms with Gasteiger partial charge >= 0.3 is 5.84 Å². The van der Waals surface area contributed by atoms with Crippen LogP contribution in [0, 0.1) is 10.4 Å². The van der Waals surface area contributed by atoms with Gasteiger partial charge in [-0.05, 0) is 26.0 Å². The molecule has 0 saturated carbocycles. The van der Waals surface area contributed by atoms with Gasteiger partial charge in [0.1, 0.15) is 12.2 Å². The highest BCUT2D eigenvalue weighted by Gasteiger charge is 2.60. The first-order chi connectivity index (χ1) is 9.64. The Kier molecular flexibility index (Phi) is 3.65. The first kappa shape index (κ1) is 15.6. The number of benzene rings is 1. The van der Waals surface area contributed by atoms with Crippen molar-refractivity contribution in [2.45, 2.75) is 38.8 Å². The van der Waals surface area contributed by atoms with Gasteiger partial charge in [-0.1, -0.05) is 12.1 Å². The molecule has 0 aliphatic carbocycles. The van der Waals surface area contributed by atoms with Crippen molar-refractivity contribution in [1.29, 1.82) is 0 Å². The number of aliphatic hydroxyl groups excluding tert-OH is 1. The topological polar surface area (TPSA) is 90.9 Å². The Balaban J connectivity index is 2.47. The molecule has 1 aromatic rings. The predicted octanol–water partition coefficient (Wildman–Crippen LogP) is 0.0720. The first-order valence-corrected chi connectivity index (χ1v) is 6.78. The monoisotopic (exact) mass is 292 g/mol. The number of carbonyl (C=O) groups excluding carboxylic acids is 1. The van der Waals surface area contributed by atoms with Crippen molar-refractivity contribution in [2.75, 3.05) is 6.61 Å². The number of nitrogens with one attached hydrogen (secondary N) is 1. The van der Waals surface area contributed by atoms with Crippen molar-refractivity contribution in [3.63, 3.8) is 0 Å². The minimum atomic E-state index is -0.834. The Morgan fingerprint density at radius 3 is 2.14 bits per heavy atom. The average molecular weight is 292 g/mol. The Hall–Kier alpha value is -1.76. The highest BCUT2D eigenvalue weighted by atomic mass is 16.5. The van der Waals surface area contributed by atoms with E-state index in [9.17, 15) is 15.2 Å². The van der Waals surface area contributed by atoms with Crippen LogP contribution >= 0.6 is 0 Å². The van der Waals surface area contributed by atoms with Crippen LogP contribution in [-0.2, 0) is 0 Å². The highest BCUT2D eigenvalue weighted by molar-refractivity contribution is 5.98. The van der Waals surface area contributed by atoms with E-state index in [4.69, 9.17) is 5.11 Å². The van der Waals surface area contributed by atoms with Gasteiger partial charge < -0.3 is 15.5 Å². The minimum absolute atomic E-state index is 0.119. The maximum absolute atomic E-state index is 12.5. The van der Waals surface area contributed by atoms with Crippen LogP contribution in [0.4, 0.5) is 0 Å². The number of hydrogen-bond acceptors (Lipinski definition) is 4. The van der Waals surface area contributed by atoms with Gasteiger partial charge in [-0.25, -0.2) is 0 Å². The van der Waals surface area contributed by atoms with E-state index < -0.39 is 23.5 Å². The molecule has 1 heterocycles. The van der Waals surface area contributed by atoms with Crippen molar-refractivity contribution >= 4 is 11.6 Å². The number of carbonyl (C=O) groups is 1. The number of aliphatic hydroxyl groups is 1. The Morgan fingerprint density at radius 2 is 1.76 bits per heavy atom. The quantitative estimate of drug-likeness (QED) is 0.468. The number of hydroxylamine groups is 3. The summed E-state index contributed by atoms with van der Waals surface area (Å²) < 4.78 is 0.762. The van der Waals surface area contributed by atoms with Crippen LogP contribution in [0.25, 0.3) is 0 Å². The molecule has 1 aliphatic heterocycles. The van der Waals surface area contributed by atoms with Gasteiger partial charge in [-0.15, -0.1) is 4.74 Å². The summed E-state index contributed by atoms with van der Waals surface area (Å²) in [5, 5.41) is 33.6. The van der Waals surface area contributed by atoms with E-state index in [0.717, 1.165) is 4.74 Å². The number of hydrogen-bond donors (Lipinski definition) is 2. The summed E-state index contributed by atoms with van der Waals surface area (Å²) in [6, 6.07) is 6.16. The smallest absolute Gasteiger partial charge is 0.381 e. The number of quaternary nitrogens is 1. The Bertz CT molecular complexity index is 603. The van der Waals surface area contributed by atoms with E-state index in [2.05, 4.69) is 0 Å². The van der Waals surface area contributed by atoms with Gasteiger partial charge in [0, 0.05) is 19.4 Å². The maximum atomic E-state index is 12.5. The van der Waals surface area contributed by atoms with Gasteiger partial charge in [0.05, 0.1) is 0 Å². The first-order valence-electron chi connectivity index (χ1n) is 6.78. The minimum Gasteiger partial charge on any atom is -0.624 e. The molecule has 1 atom stereocenters. The van der Waals surface area contributed by atoms with Crippen LogP contribution in [0.3, 0.4) is 0 Å². The molecule has 1 unspecified atom stereocenters. The number of nitrogens with zero attached hydrogens (tertiary/aromatic N) is 1. The van der Waals surface area contributed by atoms with Crippen LogP contribution in [0.15, 0.2) is 24.3 Å². The van der Waals surface area contributed by atoms with Crippen LogP contribution < -0.4 is 5.06 Å². The predicted molar refractivity (Wildman–Crippen MR) is 78.1 cm³/mol. The number of amidine groups is 1. The van der Waals surface area contributed by atoms with E-state index in [0.29, 0.717) is 11.1 Å². The lowest BCUT2D eigenvalue weighted by molar-refractivity contribution is -0.805. The molecule has 0 radical (unpaired) electrons. The fourth-order valence-electron chi connectivity index (χ4n) is 2.35. The van der Waals surface area contributed by atoms with Crippen molar-refractivity contribution in [3.8, 4) is 0 Å². The lowest BCUT2D eigenvalue weighted by atomic mass is 9.84. The van der Waals surface area contributed by atoms with Gasteiger partial charge in [-0.3, -0.25) is 9.86 Å². The summed E-state index contributed by atoms with van der Waals surface area (Å²) in [6.45, 7) is 6.44. The normalized spacial score (nSPS) is 23.4. The molecule has 21 heavy (non-hydrogen) atoms. The van der Waals surface area contributed by atoms with E-state index in [-0.39, 0.29) is 10.9 Å². The molecule has 0 fully saturated rings. The Labute approximate surface area is 123 Å². The molecule has 6 heteroatoms. The van der Waals surface area contributed by atoms with Gasteiger partial charge in [0.2, 0.25) is 5.54 Å². The van der Waals surface area contributed by atoms with E-state index >= 15 is 0 Å². The summed E-state index contributed by atoms with van der Waals surface area (Å²) in [4.78, 5) is 11.4. The molecule has 2 rings (SSSR count). The molecule has 0 saturated heterocycles. The molecule has 114 valence electrons. The highest BCUT2D eigenvalue weighted by Crippen LogP contribution is 2.27. The lowest BCUT2D eigenvalue weighted by Crippen LogP contribution is -3.17. The van der Waals surface area contributed by atoms with Crippen molar-refractivity contribution in [2.24, 2.45) is 0 Å². The summed E-state index contributed by atoms with van der Waals surface area (Å²) >= 11 is 0. The second-order valence-corrected chi connectivity index (χ2v) is 6.31. The van der Waals surface area contributed by atoms with E-state index in [1.165, 1.54) is 12.1 Å². The zero-order valence-electron chi connectivity index (χ0n) is 12.6. The van der Waals surface area contributed by atoms with Crippen molar-refractivity contribution < 1.29 is 19.7 Å².